The van der Waals surface area contributed by atoms with Crippen LogP contribution in [0.2, 0.25) is 5.02 Å². The summed E-state index contributed by atoms with van der Waals surface area (Å²) in [5.41, 5.74) is 0.709. The molecule has 0 aliphatic heterocycles. The molecule has 1 N–H and O–H groups in total. The number of hydrogen-bond acceptors (Lipinski definition) is 2. The Bertz CT molecular complexity index is 504. The molecule has 0 bridgehead atoms. The molecule has 0 spiro atoms. The fourth-order valence-corrected chi connectivity index (χ4v) is 3.69. The van der Waals surface area contributed by atoms with E-state index >= 15 is 0 Å². The molecule has 1 aromatic carbocycles. The van der Waals surface area contributed by atoms with Gasteiger partial charge in [-0.2, -0.15) is 0 Å². The van der Waals surface area contributed by atoms with E-state index in [1.165, 1.54) is 12.8 Å². The second-order valence-electron chi connectivity index (χ2n) is 6.25. The number of aliphatic hydroxyl groups excluding tert-OH is 1. The highest BCUT2D eigenvalue weighted by Crippen LogP contribution is 2.50. The van der Waals surface area contributed by atoms with E-state index in [2.05, 4.69) is 0 Å². The minimum Gasteiger partial charge on any atom is -0.395 e. The zero-order valence-corrected chi connectivity index (χ0v) is 13.0. The lowest BCUT2D eigenvalue weighted by atomic mass is 9.93. The van der Waals surface area contributed by atoms with Gasteiger partial charge in [0.15, 0.2) is 0 Å². The molecule has 2 aliphatic carbocycles. The van der Waals surface area contributed by atoms with Crippen molar-refractivity contribution < 1.29 is 9.90 Å². The Balaban J connectivity index is 1.82. The minimum atomic E-state index is -0.359. The highest BCUT2D eigenvalue weighted by molar-refractivity contribution is 6.30. The van der Waals surface area contributed by atoms with Crippen molar-refractivity contribution in [2.24, 2.45) is 0 Å². The van der Waals surface area contributed by atoms with Gasteiger partial charge < -0.3 is 10.0 Å². The van der Waals surface area contributed by atoms with Crippen LogP contribution in [0, 0.1) is 0 Å². The van der Waals surface area contributed by atoms with Crippen LogP contribution in [0.5, 0.6) is 0 Å². The van der Waals surface area contributed by atoms with Gasteiger partial charge in [-0.05, 0) is 43.4 Å². The van der Waals surface area contributed by atoms with Gasteiger partial charge in [-0.25, -0.2) is 0 Å². The van der Waals surface area contributed by atoms with Gasteiger partial charge in [-0.15, -0.1) is 0 Å². The molecule has 2 aliphatic rings. The lowest BCUT2D eigenvalue weighted by Gasteiger charge is -2.32. The molecule has 0 heterocycles. The largest absolute Gasteiger partial charge is 0.395 e. The van der Waals surface area contributed by atoms with Crippen molar-refractivity contribution in [2.45, 2.75) is 50.0 Å². The first-order valence-corrected chi connectivity index (χ1v) is 8.23. The third-order valence-electron chi connectivity index (χ3n) is 4.92. The van der Waals surface area contributed by atoms with Gasteiger partial charge in [0.1, 0.15) is 0 Å². The van der Waals surface area contributed by atoms with E-state index in [0.29, 0.717) is 17.6 Å². The summed E-state index contributed by atoms with van der Waals surface area (Å²) in [6.45, 7) is 0.498. The standard InChI is InChI=1S/C17H22ClNO2/c18-14-7-5-13(6-8-14)17(9-10-17)16(21)19(11-12-20)15-3-1-2-4-15/h5-8,15,20H,1-4,9-12H2. The molecule has 0 unspecified atom stereocenters. The molecule has 0 atom stereocenters. The normalized spacial score (nSPS) is 20.5. The fourth-order valence-electron chi connectivity index (χ4n) is 3.57. The number of hydrogen-bond donors (Lipinski definition) is 1. The Labute approximate surface area is 130 Å². The summed E-state index contributed by atoms with van der Waals surface area (Å²) in [6.07, 6.45) is 6.33. The van der Waals surface area contributed by atoms with Crippen molar-refractivity contribution in [2.75, 3.05) is 13.2 Å². The molecule has 0 saturated heterocycles. The van der Waals surface area contributed by atoms with Gasteiger partial charge in [-0.1, -0.05) is 36.6 Å². The SMILES string of the molecule is O=C(N(CCO)C1CCCC1)C1(c2ccc(Cl)cc2)CC1. The topological polar surface area (TPSA) is 40.5 Å². The Hall–Kier alpha value is -1.06. The highest BCUT2D eigenvalue weighted by Gasteiger charge is 2.53. The second kappa shape index (κ2) is 5.98. The molecule has 2 saturated carbocycles. The molecule has 1 amide bonds. The number of nitrogens with zero attached hydrogens (tertiary/aromatic N) is 1. The maximum atomic E-state index is 13.1. The Morgan fingerprint density at radius 3 is 2.38 bits per heavy atom. The van der Waals surface area contributed by atoms with E-state index < -0.39 is 0 Å². The van der Waals surface area contributed by atoms with Gasteiger partial charge in [0.2, 0.25) is 5.91 Å². The molecule has 0 radical (unpaired) electrons. The van der Waals surface area contributed by atoms with Crippen LogP contribution >= 0.6 is 11.6 Å². The number of benzene rings is 1. The summed E-state index contributed by atoms with van der Waals surface area (Å²) < 4.78 is 0. The first-order valence-electron chi connectivity index (χ1n) is 7.85. The molecule has 1 aromatic rings. The number of aliphatic hydroxyl groups is 1. The number of carbonyl (C=O) groups is 1. The average molecular weight is 308 g/mol. The van der Waals surface area contributed by atoms with Gasteiger partial charge in [0.25, 0.3) is 0 Å². The van der Waals surface area contributed by atoms with Gasteiger partial charge >= 0.3 is 0 Å². The zero-order valence-electron chi connectivity index (χ0n) is 12.2. The molecule has 2 fully saturated rings. The number of halogens is 1. The summed E-state index contributed by atoms with van der Waals surface area (Å²) in [6, 6.07) is 7.97. The van der Waals surface area contributed by atoms with Crippen molar-refractivity contribution in [1.82, 2.24) is 4.90 Å². The van der Waals surface area contributed by atoms with E-state index in [4.69, 9.17) is 11.6 Å². The number of amides is 1. The van der Waals surface area contributed by atoms with Crippen LogP contribution < -0.4 is 0 Å². The molecule has 3 rings (SSSR count). The minimum absolute atomic E-state index is 0.0406. The van der Waals surface area contributed by atoms with Crippen molar-refractivity contribution in [1.29, 1.82) is 0 Å². The van der Waals surface area contributed by atoms with Crippen molar-refractivity contribution in [3.8, 4) is 0 Å². The summed E-state index contributed by atoms with van der Waals surface area (Å²) >= 11 is 5.95. The van der Waals surface area contributed by atoms with Crippen LogP contribution in [0.3, 0.4) is 0 Å². The van der Waals surface area contributed by atoms with Crippen LogP contribution in [-0.2, 0) is 10.2 Å². The maximum Gasteiger partial charge on any atom is 0.233 e. The third kappa shape index (κ3) is 2.82. The lowest BCUT2D eigenvalue weighted by molar-refractivity contribution is -0.136. The molecule has 21 heavy (non-hydrogen) atoms. The third-order valence-corrected chi connectivity index (χ3v) is 5.18. The van der Waals surface area contributed by atoms with E-state index in [1.807, 2.05) is 29.2 Å². The molecular weight excluding hydrogens is 286 g/mol. The molecule has 4 heteroatoms. The quantitative estimate of drug-likeness (QED) is 0.908. The Kier molecular flexibility index (Phi) is 4.23. The Morgan fingerprint density at radius 1 is 1.24 bits per heavy atom. The molecule has 0 aromatic heterocycles. The van der Waals surface area contributed by atoms with Gasteiger partial charge in [0.05, 0.1) is 12.0 Å². The maximum absolute atomic E-state index is 13.1. The van der Waals surface area contributed by atoms with E-state index in [1.54, 1.807) is 0 Å². The van der Waals surface area contributed by atoms with Crippen molar-refractivity contribution in [3.05, 3.63) is 34.9 Å². The summed E-state index contributed by atoms with van der Waals surface area (Å²) in [7, 11) is 0. The second-order valence-corrected chi connectivity index (χ2v) is 6.69. The average Bonchev–Trinajstić information content (AvgIpc) is 3.13. The van der Waals surface area contributed by atoms with Gasteiger partial charge in [0, 0.05) is 17.6 Å². The van der Waals surface area contributed by atoms with Crippen molar-refractivity contribution >= 4 is 17.5 Å². The lowest BCUT2D eigenvalue weighted by Crippen LogP contribution is -2.46. The van der Waals surface area contributed by atoms with E-state index in [-0.39, 0.29) is 17.9 Å². The van der Waals surface area contributed by atoms with Crippen LogP contribution in [0.1, 0.15) is 44.1 Å². The molecular formula is C17H22ClNO2. The van der Waals surface area contributed by atoms with Crippen LogP contribution in [0.25, 0.3) is 0 Å². The van der Waals surface area contributed by atoms with Crippen LogP contribution in [0.15, 0.2) is 24.3 Å². The van der Waals surface area contributed by atoms with Gasteiger partial charge in [-0.3, -0.25) is 4.79 Å². The van der Waals surface area contributed by atoms with E-state index in [9.17, 15) is 9.90 Å². The predicted molar refractivity (Wildman–Crippen MR) is 83.4 cm³/mol. The zero-order chi connectivity index (χ0) is 14.9. The van der Waals surface area contributed by atoms with Crippen molar-refractivity contribution in [3.63, 3.8) is 0 Å². The summed E-state index contributed by atoms with van der Waals surface area (Å²) in [5.74, 6) is 0.200. The van der Waals surface area contributed by atoms with Crippen LogP contribution in [0.4, 0.5) is 0 Å². The smallest absolute Gasteiger partial charge is 0.233 e. The predicted octanol–water partition coefficient (Wildman–Crippen LogP) is 3.14. The fraction of sp³-hybridized carbons (Fsp3) is 0.588. The Morgan fingerprint density at radius 2 is 1.86 bits per heavy atom. The molecule has 3 nitrogen and oxygen atoms in total. The summed E-state index contributed by atoms with van der Waals surface area (Å²) in [4.78, 5) is 15.0. The monoisotopic (exact) mass is 307 g/mol. The summed E-state index contributed by atoms with van der Waals surface area (Å²) in [5, 5.41) is 10.0. The van der Waals surface area contributed by atoms with E-state index in [0.717, 1.165) is 31.2 Å². The highest BCUT2D eigenvalue weighted by atomic mass is 35.5. The first kappa shape index (κ1) is 14.9. The molecule has 114 valence electrons. The number of rotatable bonds is 5. The van der Waals surface area contributed by atoms with Crippen LogP contribution in [-0.4, -0.2) is 35.1 Å². The number of carbonyl (C=O) groups excluding carboxylic acids is 1. The first-order chi connectivity index (χ1) is 10.2.